The molecule has 1 amide bonds. The number of amides is 1. The second-order valence-electron chi connectivity index (χ2n) is 6.04. The van der Waals surface area contributed by atoms with Crippen LogP contribution < -0.4 is 5.32 Å². The van der Waals surface area contributed by atoms with Crippen molar-refractivity contribution in [1.29, 1.82) is 0 Å². The van der Waals surface area contributed by atoms with Crippen molar-refractivity contribution in [2.75, 3.05) is 5.32 Å². The zero-order chi connectivity index (χ0) is 16.9. The number of nitrogens with one attached hydrogen (secondary N) is 1. The molecule has 0 bridgehead atoms. The maximum absolute atomic E-state index is 12.0. The number of rotatable bonds is 6. The van der Waals surface area contributed by atoms with Gasteiger partial charge in [-0.1, -0.05) is 42.5 Å². The summed E-state index contributed by atoms with van der Waals surface area (Å²) in [5.74, 6) is -0.934. The van der Waals surface area contributed by atoms with Gasteiger partial charge in [-0.25, -0.2) is 0 Å². The van der Waals surface area contributed by atoms with E-state index < -0.39 is 11.4 Å². The van der Waals surface area contributed by atoms with Gasteiger partial charge >= 0.3 is 5.97 Å². The molecule has 4 nitrogen and oxygen atoms in total. The largest absolute Gasteiger partial charge is 0.481 e. The molecule has 23 heavy (non-hydrogen) atoms. The van der Waals surface area contributed by atoms with E-state index in [0.29, 0.717) is 24.1 Å². The van der Waals surface area contributed by atoms with Crippen LogP contribution in [0.2, 0.25) is 0 Å². The normalized spacial score (nSPS) is 11.0. The number of carboxylic acid groups (broad SMARTS) is 1. The second kappa shape index (κ2) is 7.09. The summed E-state index contributed by atoms with van der Waals surface area (Å²) in [5.41, 5.74) is 1.55. The first-order valence-corrected chi connectivity index (χ1v) is 7.57. The lowest BCUT2D eigenvalue weighted by atomic mass is 9.85. The van der Waals surface area contributed by atoms with E-state index in [2.05, 4.69) is 5.32 Å². The lowest BCUT2D eigenvalue weighted by Gasteiger charge is -2.19. The lowest BCUT2D eigenvalue weighted by Crippen LogP contribution is -2.28. The van der Waals surface area contributed by atoms with Crippen molar-refractivity contribution >= 4 is 17.6 Å². The Morgan fingerprint density at radius 3 is 2.17 bits per heavy atom. The molecule has 0 aliphatic carbocycles. The summed E-state index contributed by atoms with van der Waals surface area (Å²) in [7, 11) is 0. The monoisotopic (exact) mass is 311 g/mol. The van der Waals surface area contributed by atoms with E-state index in [9.17, 15) is 14.7 Å². The summed E-state index contributed by atoms with van der Waals surface area (Å²) in [6.45, 7) is 3.31. The Bertz CT molecular complexity index is 676. The molecule has 2 aromatic rings. The van der Waals surface area contributed by atoms with Gasteiger partial charge in [0.1, 0.15) is 0 Å². The molecule has 0 saturated heterocycles. The van der Waals surface area contributed by atoms with Crippen molar-refractivity contribution in [3.8, 4) is 0 Å². The van der Waals surface area contributed by atoms with Crippen molar-refractivity contribution in [3.63, 3.8) is 0 Å². The van der Waals surface area contributed by atoms with Crippen molar-refractivity contribution in [2.24, 2.45) is 0 Å². The maximum atomic E-state index is 12.0. The van der Waals surface area contributed by atoms with E-state index in [4.69, 9.17) is 0 Å². The van der Waals surface area contributed by atoms with Gasteiger partial charge in [-0.3, -0.25) is 9.59 Å². The Kier molecular flexibility index (Phi) is 5.16. The zero-order valence-electron chi connectivity index (χ0n) is 13.4. The molecule has 0 saturated carbocycles. The van der Waals surface area contributed by atoms with Crippen LogP contribution in [0.15, 0.2) is 54.6 Å². The molecule has 0 fully saturated rings. The first-order chi connectivity index (χ1) is 10.9. The molecule has 2 N–H and O–H groups in total. The topological polar surface area (TPSA) is 66.4 Å². The molecule has 2 rings (SSSR count). The van der Waals surface area contributed by atoms with Gasteiger partial charge in [0.05, 0.1) is 5.41 Å². The van der Waals surface area contributed by atoms with E-state index in [1.807, 2.05) is 30.3 Å². The van der Waals surface area contributed by atoms with E-state index in [-0.39, 0.29) is 5.91 Å². The average Bonchev–Trinajstić information content (AvgIpc) is 2.54. The molecule has 0 atom stereocenters. The fourth-order valence-electron chi connectivity index (χ4n) is 2.22. The van der Waals surface area contributed by atoms with Gasteiger partial charge in [0.15, 0.2) is 0 Å². The van der Waals surface area contributed by atoms with Gasteiger partial charge in [0.25, 0.3) is 0 Å². The highest BCUT2D eigenvalue weighted by atomic mass is 16.4. The highest BCUT2D eigenvalue weighted by Crippen LogP contribution is 2.24. The molecule has 0 unspecified atom stereocenters. The number of hydrogen-bond acceptors (Lipinski definition) is 2. The third-order valence-electron chi connectivity index (χ3n) is 3.91. The first kappa shape index (κ1) is 16.7. The minimum atomic E-state index is -0.949. The van der Waals surface area contributed by atoms with Gasteiger partial charge in [0.2, 0.25) is 5.91 Å². The molecular weight excluding hydrogens is 290 g/mol. The van der Waals surface area contributed by atoms with Crippen LogP contribution >= 0.6 is 0 Å². The molecule has 0 aromatic heterocycles. The second-order valence-corrected chi connectivity index (χ2v) is 6.04. The molecule has 4 heteroatoms. The van der Waals surface area contributed by atoms with Crippen molar-refractivity contribution in [1.82, 2.24) is 0 Å². The van der Waals surface area contributed by atoms with Crippen LogP contribution in [0.1, 0.15) is 31.4 Å². The van der Waals surface area contributed by atoms with E-state index in [0.717, 1.165) is 5.56 Å². The van der Waals surface area contributed by atoms with Crippen molar-refractivity contribution in [2.45, 2.75) is 32.1 Å². The van der Waals surface area contributed by atoms with Crippen molar-refractivity contribution < 1.29 is 14.7 Å². The Balaban J connectivity index is 1.93. The first-order valence-electron chi connectivity index (χ1n) is 7.57. The van der Waals surface area contributed by atoms with E-state index in [1.165, 1.54) is 0 Å². The number of hydrogen-bond donors (Lipinski definition) is 2. The molecule has 0 heterocycles. The van der Waals surface area contributed by atoms with Gasteiger partial charge in [-0.05, 0) is 43.5 Å². The quantitative estimate of drug-likeness (QED) is 0.856. The smallest absolute Gasteiger partial charge is 0.313 e. The molecule has 120 valence electrons. The lowest BCUT2D eigenvalue weighted by molar-refractivity contribution is -0.142. The third-order valence-corrected chi connectivity index (χ3v) is 3.91. The summed E-state index contributed by atoms with van der Waals surface area (Å²) in [6, 6.07) is 16.8. The third kappa shape index (κ3) is 4.42. The van der Waals surface area contributed by atoms with Crippen LogP contribution in [-0.4, -0.2) is 17.0 Å². The van der Waals surface area contributed by atoms with E-state index in [1.54, 1.807) is 38.1 Å². The highest BCUT2D eigenvalue weighted by Gasteiger charge is 2.29. The number of aryl methyl sites for hydroxylation is 1. The molecule has 0 spiro atoms. The molecule has 0 aliphatic heterocycles. The number of carbonyl (C=O) groups excluding carboxylic acids is 1. The number of carboxylic acids is 1. The van der Waals surface area contributed by atoms with Crippen LogP contribution in [-0.2, 0) is 21.4 Å². The number of benzene rings is 2. The summed E-state index contributed by atoms with van der Waals surface area (Å²) in [4.78, 5) is 23.2. The highest BCUT2D eigenvalue weighted by molar-refractivity contribution is 5.91. The number of anilines is 1. The van der Waals surface area contributed by atoms with Crippen molar-refractivity contribution in [3.05, 3.63) is 65.7 Å². The molecule has 0 radical (unpaired) electrons. The number of carbonyl (C=O) groups is 2. The minimum Gasteiger partial charge on any atom is -0.481 e. The van der Waals surface area contributed by atoms with Crippen LogP contribution in [0.5, 0.6) is 0 Å². The fraction of sp³-hybridized carbons (Fsp3) is 0.263. The fourth-order valence-corrected chi connectivity index (χ4v) is 2.22. The van der Waals surface area contributed by atoms with Gasteiger partial charge in [-0.2, -0.15) is 0 Å². The SMILES string of the molecule is CC(C)(C(=O)O)c1ccc(NC(=O)CCc2ccccc2)cc1. The van der Waals surface area contributed by atoms with Crippen LogP contribution in [0, 0.1) is 0 Å². The Morgan fingerprint density at radius 1 is 1.00 bits per heavy atom. The van der Waals surface area contributed by atoms with Crippen LogP contribution in [0.4, 0.5) is 5.69 Å². The zero-order valence-corrected chi connectivity index (χ0v) is 13.4. The van der Waals surface area contributed by atoms with Crippen LogP contribution in [0.25, 0.3) is 0 Å². The minimum absolute atomic E-state index is 0.0564. The van der Waals surface area contributed by atoms with Gasteiger partial charge in [0, 0.05) is 12.1 Å². The molecule has 0 aliphatic rings. The summed E-state index contributed by atoms with van der Waals surface area (Å²) in [6.07, 6.45) is 1.10. The summed E-state index contributed by atoms with van der Waals surface area (Å²) in [5, 5.41) is 12.1. The summed E-state index contributed by atoms with van der Waals surface area (Å²) < 4.78 is 0. The maximum Gasteiger partial charge on any atom is 0.313 e. The van der Waals surface area contributed by atoms with E-state index >= 15 is 0 Å². The standard InChI is InChI=1S/C19H21NO3/c1-19(2,18(22)23)15-9-11-16(12-10-15)20-17(21)13-8-14-6-4-3-5-7-14/h3-7,9-12H,8,13H2,1-2H3,(H,20,21)(H,22,23). The Morgan fingerprint density at radius 2 is 1.61 bits per heavy atom. The summed E-state index contributed by atoms with van der Waals surface area (Å²) >= 11 is 0. The molecule has 2 aromatic carbocycles. The average molecular weight is 311 g/mol. The Hall–Kier alpha value is -2.62. The molecular formula is C19H21NO3. The van der Waals surface area contributed by atoms with Crippen LogP contribution in [0.3, 0.4) is 0 Å². The van der Waals surface area contributed by atoms with Gasteiger partial charge in [-0.15, -0.1) is 0 Å². The number of aliphatic carboxylic acids is 1. The predicted octanol–water partition coefficient (Wildman–Crippen LogP) is 3.62. The Labute approximate surface area is 136 Å². The predicted molar refractivity (Wildman–Crippen MR) is 90.5 cm³/mol. The van der Waals surface area contributed by atoms with Gasteiger partial charge < -0.3 is 10.4 Å².